The number of nitrogens with zero attached hydrogens (tertiary/aromatic N) is 8. The molecule has 2 aliphatic heterocycles. The predicted molar refractivity (Wildman–Crippen MR) is 128 cm³/mol. The van der Waals surface area contributed by atoms with E-state index in [-0.39, 0.29) is 18.3 Å². The largest absolute Gasteiger partial charge is 1.00 e. The summed E-state index contributed by atoms with van der Waals surface area (Å²) >= 11 is 0. The van der Waals surface area contributed by atoms with Crippen LogP contribution in [-0.4, -0.2) is 36.6 Å². The molecule has 0 amide bonds. The van der Waals surface area contributed by atoms with Gasteiger partial charge in [0.15, 0.2) is 5.49 Å². The zero-order chi connectivity index (χ0) is 22.5. The Kier molecular flexibility index (Phi) is 8.61. The van der Waals surface area contributed by atoms with Crippen molar-refractivity contribution in [3.63, 3.8) is 0 Å². The first-order chi connectivity index (χ1) is 15.5. The Labute approximate surface area is 202 Å². The van der Waals surface area contributed by atoms with Gasteiger partial charge in [-0.15, -0.1) is 10.2 Å². The zero-order valence-electron chi connectivity index (χ0n) is 20.2. The highest BCUT2D eigenvalue weighted by molar-refractivity contribution is 5.84. The molecule has 0 N–H and O–H groups in total. The normalized spacial score (nSPS) is 17.5. The fraction of sp³-hybridized carbons (Fsp3) is 0.542. The Hall–Kier alpha value is -2.74. The van der Waals surface area contributed by atoms with E-state index in [2.05, 4.69) is 68.3 Å². The lowest BCUT2D eigenvalue weighted by Crippen LogP contribution is -3.00. The highest BCUT2D eigenvalue weighted by atomic mass is 35.5. The van der Waals surface area contributed by atoms with Gasteiger partial charge in [0.2, 0.25) is 5.84 Å². The van der Waals surface area contributed by atoms with Crippen molar-refractivity contribution in [3.8, 4) is 0 Å². The van der Waals surface area contributed by atoms with Gasteiger partial charge in [0, 0.05) is 68.8 Å². The third-order valence-electron chi connectivity index (χ3n) is 6.18. The first kappa shape index (κ1) is 24.9. The molecule has 2 aromatic heterocycles. The van der Waals surface area contributed by atoms with E-state index < -0.39 is 0 Å². The van der Waals surface area contributed by atoms with Gasteiger partial charge in [0.25, 0.3) is 0 Å². The van der Waals surface area contributed by atoms with Crippen molar-refractivity contribution in [2.24, 2.45) is 40.4 Å². The third-order valence-corrected chi connectivity index (χ3v) is 6.18. The van der Waals surface area contributed by atoms with Crippen LogP contribution < -0.4 is 32.3 Å². The van der Waals surface area contributed by atoms with Crippen LogP contribution in [0, 0.1) is 5.92 Å². The van der Waals surface area contributed by atoms with Gasteiger partial charge in [0.05, 0.1) is 24.4 Å². The monoisotopic (exact) mass is 470 g/mol. The van der Waals surface area contributed by atoms with Crippen LogP contribution in [0.4, 0.5) is 17.2 Å². The lowest BCUT2D eigenvalue weighted by Gasteiger charge is -2.17. The smallest absolute Gasteiger partial charge is 0.352 e. The van der Waals surface area contributed by atoms with Crippen molar-refractivity contribution in [2.75, 3.05) is 36.0 Å². The number of pyridine rings is 2. The molecule has 2 saturated heterocycles. The maximum Gasteiger partial charge on any atom is 0.352 e. The van der Waals surface area contributed by atoms with Gasteiger partial charge in [-0.2, -0.15) is 0 Å². The molecular weight excluding hydrogens is 436 g/mol. The predicted octanol–water partition coefficient (Wildman–Crippen LogP) is 0.708. The molecule has 178 valence electrons. The molecule has 0 radical (unpaired) electrons. The number of aryl methyl sites for hydroxylation is 2. The number of rotatable bonds is 5. The number of azo groups is 1. The van der Waals surface area contributed by atoms with Crippen molar-refractivity contribution in [1.29, 1.82) is 0 Å². The van der Waals surface area contributed by atoms with E-state index in [1.165, 1.54) is 37.1 Å². The SMILES string of the molecule is CC(C)C(N=Nc1cc(N2CCCC2)cc[n+]1C)=NN=c1cc(N2CCCC2)ccn1C.[Cl-]. The molecule has 4 heterocycles. The van der Waals surface area contributed by atoms with Crippen LogP contribution >= 0.6 is 0 Å². The molecule has 0 aromatic carbocycles. The Morgan fingerprint density at radius 1 is 0.939 bits per heavy atom. The molecule has 8 nitrogen and oxygen atoms in total. The molecule has 33 heavy (non-hydrogen) atoms. The van der Waals surface area contributed by atoms with Gasteiger partial charge in [-0.25, -0.2) is 4.57 Å². The van der Waals surface area contributed by atoms with E-state index in [1.54, 1.807) is 0 Å². The number of hydrogen-bond donors (Lipinski definition) is 0. The standard InChI is InChI=1S/C24H35N8.ClH/c1-19(2)24(27-25-22-17-20(9-15-29(22)3)31-11-5-6-12-31)28-26-23-18-21(10-16-30(23)4)32-13-7-8-14-32;/h9-10,15-19H,5-8,11-14H2,1-4H3;1H/q+1;/p-1. The fourth-order valence-corrected chi connectivity index (χ4v) is 4.09. The summed E-state index contributed by atoms with van der Waals surface area (Å²) in [6.07, 6.45) is 9.09. The molecular formula is C24H35ClN8. The molecule has 0 saturated carbocycles. The summed E-state index contributed by atoms with van der Waals surface area (Å²) in [6, 6.07) is 8.49. The van der Waals surface area contributed by atoms with Gasteiger partial charge < -0.3 is 26.8 Å². The third kappa shape index (κ3) is 6.19. The van der Waals surface area contributed by atoms with Gasteiger partial charge in [0.1, 0.15) is 0 Å². The summed E-state index contributed by atoms with van der Waals surface area (Å²) < 4.78 is 3.97. The van der Waals surface area contributed by atoms with E-state index >= 15 is 0 Å². The van der Waals surface area contributed by atoms with Crippen LogP contribution in [-0.2, 0) is 14.1 Å². The van der Waals surface area contributed by atoms with Gasteiger partial charge >= 0.3 is 5.82 Å². The molecule has 2 aromatic rings. The summed E-state index contributed by atoms with van der Waals surface area (Å²) in [5, 5.41) is 18.0. The second-order valence-electron chi connectivity index (χ2n) is 9.01. The Morgan fingerprint density at radius 2 is 1.55 bits per heavy atom. The van der Waals surface area contributed by atoms with Gasteiger partial charge in [-0.1, -0.05) is 13.8 Å². The minimum Gasteiger partial charge on any atom is -1.00 e. The summed E-state index contributed by atoms with van der Waals surface area (Å²) in [5.74, 6) is 1.54. The summed E-state index contributed by atoms with van der Waals surface area (Å²) in [4.78, 5) is 4.80. The first-order valence-corrected chi connectivity index (χ1v) is 11.7. The fourth-order valence-electron chi connectivity index (χ4n) is 4.09. The van der Waals surface area contributed by atoms with Crippen molar-refractivity contribution >= 4 is 23.0 Å². The molecule has 0 atom stereocenters. The zero-order valence-corrected chi connectivity index (χ0v) is 20.9. The van der Waals surface area contributed by atoms with E-state index in [9.17, 15) is 0 Å². The first-order valence-electron chi connectivity index (χ1n) is 11.7. The maximum atomic E-state index is 4.53. The summed E-state index contributed by atoms with van der Waals surface area (Å²) in [5.41, 5.74) is 3.21. The van der Waals surface area contributed by atoms with Crippen molar-refractivity contribution in [2.45, 2.75) is 39.5 Å². The maximum absolute atomic E-state index is 4.53. The van der Waals surface area contributed by atoms with E-state index in [0.29, 0.717) is 5.84 Å². The molecule has 0 bridgehead atoms. The van der Waals surface area contributed by atoms with Crippen LogP contribution in [0.15, 0.2) is 57.1 Å². The lowest BCUT2D eigenvalue weighted by molar-refractivity contribution is -0.658. The van der Waals surface area contributed by atoms with E-state index in [1.807, 2.05) is 35.6 Å². The average molecular weight is 471 g/mol. The number of aromatic nitrogens is 2. The number of halogens is 1. The van der Waals surface area contributed by atoms with Crippen LogP contribution in [0.3, 0.4) is 0 Å². The van der Waals surface area contributed by atoms with Gasteiger partial charge in [-0.05, 0) is 36.9 Å². The highest BCUT2D eigenvalue weighted by Gasteiger charge is 2.17. The number of amidine groups is 1. The molecule has 0 unspecified atom stereocenters. The minimum atomic E-state index is 0. The second kappa shape index (κ2) is 11.4. The van der Waals surface area contributed by atoms with E-state index in [4.69, 9.17) is 0 Å². The van der Waals surface area contributed by atoms with Crippen molar-refractivity contribution < 1.29 is 17.0 Å². The lowest BCUT2D eigenvalue weighted by atomic mass is 10.2. The molecule has 0 spiro atoms. The van der Waals surface area contributed by atoms with Crippen LogP contribution in [0.25, 0.3) is 0 Å². The molecule has 0 aliphatic carbocycles. The van der Waals surface area contributed by atoms with E-state index in [0.717, 1.165) is 37.5 Å². The van der Waals surface area contributed by atoms with Crippen LogP contribution in [0.1, 0.15) is 39.5 Å². The molecule has 4 rings (SSSR count). The highest BCUT2D eigenvalue weighted by Crippen LogP contribution is 2.22. The Bertz CT molecular complexity index is 1060. The topological polar surface area (TPSA) is 64.7 Å². The van der Waals surface area contributed by atoms with Crippen LogP contribution in [0.2, 0.25) is 0 Å². The Morgan fingerprint density at radius 3 is 2.15 bits per heavy atom. The molecule has 2 aliphatic rings. The quantitative estimate of drug-likeness (QED) is 0.212. The number of anilines is 2. The summed E-state index contributed by atoms with van der Waals surface area (Å²) in [6.45, 7) is 8.55. The molecule has 2 fully saturated rings. The second-order valence-corrected chi connectivity index (χ2v) is 9.01. The number of hydrogen-bond acceptors (Lipinski definition) is 5. The van der Waals surface area contributed by atoms with Crippen LogP contribution in [0.5, 0.6) is 0 Å². The van der Waals surface area contributed by atoms with Gasteiger partial charge in [-0.3, -0.25) is 0 Å². The molecule has 9 heteroatoms. The summed E-state index contributed by atoms with van der Waals surface area (Å²) in [7, 11) is 3.98. The Balaban J connectivity index is 0.00000306. The minimum absolute atomic E-state index is 0. The van der Waals surface area contributed by atoms with Crippen molar-refractivity contribution in [1.82, 2.24) is 4.57 Å². The average Bonchev–Trinajstić information content (AvgIpc) is 3.50. The van der Waals surface area contributed by atoms with Crippen molar-refractivity contribution in [3.05, 3.63) is 42.1 Å².